The summed E-state index contributed by atoms with van der Waals surface area (Å²) in [5.74, 6) is 1.00. The van der Waals surface area contributed by atoms with Crippen molar-refractivity contribution >= 4 is 5.69 Å². The molecule has 23 heavy (non-hydrogen) atoms. The van der Waals surface area contributed by atoms with E-state index in [1.54, 1.807) is 0 Å². The standard InChI is InChI=1S/C20H25NO2/c1-13-14(2)19-17(15(3)18(13)21)10-20(4,23-19)12-22-11-16-8-6-5-7-9-16/h5-9H,10-12,21H2,1-4H3. The number of hydrogen-bond acceptors (Lipinski definition) is 3. The molecule has 1 aliphatic rings. The number of benzene rings is 2. The highest BCUT2D eigenvalue weighted by Gasteiger charge is 2.38. The molecule has 1 heterocycles. The van der Waals surface area contributed by atoms with Gasteiger partial charge >= 0.3 is 0 Å². The van der Waals surface area contributed by atoms with E-state index in [9.17, 15) is 0 Å². The topological polar surface area (TPSA) is 44.5 Å². The molecule has 2 aromatic carbocycles. The Morgan fingerprint density at radius 2 is 1.78 bits per heavy atom. The average Bonchev–Trinajstić information content (AvgIpc) is 2.90. The first-order valence-electron chi connectivity index (χ1n) is 8.10. The maximum Gasteiger partial charge on any atom is 0.134 e. The lowest BCUT2D eigenvalue weighted by Crippen LogP contribution is -2.36. The van der Waals surface area contributed by atoms with Crippen molar-refractivity contribution < 1.29 is 9.47 Å². The summed E-state index contributed by atoms with van der Waals surface area (Å²) < 4.78 is 12.2. The van der Waals surface area contributed by atoms with Crippen LogP contribution >= 0.6 is 0 Å². The van der Waals surface area contributed by atoms with E-state index in [2.05, 4.69) is 39.8 Å². The molecular formula is C20H25NO2. The Morgan fingerprint density at radius 3 is 2.48 bits per heavy atom. The Morgan fingerprint density at radius 1 is 1.09 bits per heavy atom. The van der Waals surface area contributed by atoms with Crippen LogP contribution in [0.3, 0.4) is 0 Å². The van der Waals surface area contributed by atoms with Gasteiger partial charge in [-0.25, -0.2) is 0 Å². The number of hydrogen-bond donors (Lipinski definition) is 1. The third-order valence-corrected chi connectivity index (χ3v) is 4.86. The highest BCUT2D eigenvalue weighted by atomic mass is 16.5. The molecule has 122 valence electrons. The van der Waals surface area contributed by atoms with E-state index < -0.39 is 0 Å². The monoisotopic (exact) mass is 311 g/mol. The minimum absolute atomic E-state index is 0.327. The number of nitrogen functional groups attached to an aromatic ring is 1. The van der Waals surface area contributed by atoms with E-state index in [0.29, 0.717) is 13.2 Å². The van der Waals surface area contributed by atoms with Crippen molar-refractivity contribution in [2.75, 3.05) is 12.3 Å². The summed E-state index contributed by atoms with van der Waals surface area (Å²) in [6.07, 6.45) is 0.842. The van der Waals surface area contributed by atoms with Gasteiger partial charge in [-0.15, -0.1) is 0 Å². The summed E-state index contributed by atoms with van der Waals surface area (Å²) in [6, 6.07) is 10.2. The fourth-order valence-electron chi connectivity index (χ4n) is 3.26. The van der Waals surface area contributed by atoms with Crippen LogP contribution in [0, 0.1) is 20.8 Å². The predicted molar refractivity (Wildman–Crippen MR) is 93.9 cm³/mol. The largest absolute Gasteiger partial charge is 0.484 e. The third-order valence-electron chi connectivity index (χ3n) is 4.86. The normalized spacial score (nSPS) is 19.5. The molecule has 2 aromatic rings. The van der Waals surface area contributed by atoms with Crippen molar-refractivity contribution in [3.8, 4) is 5.75 Å². The van der Waals surface area contributed by atoms with Crippen molar-refractivity contribution in [2.45, 2.75) is 46.3 Å². The summed E-state index contributed by atoms with van der Waals surface area (Å²) in [5, 5.41) is 0. The highest BCUT2D eigenvalue weighted by Crippen LogP contribution is 2.43. The molecule has 0 aliphatic carbocycles. The van der Waals surface area contributed by atoms with Crippen molar-refractivity contribution in [3.63, 3.8) is 0 Å². The Labute approximate surface area is 138 Å². The number of rotatable bonds is 4. The summed E-state index contributed by atoms with van der Waals surface area (Å²) in [7, 11) is 0. The van der Waals surface area contributed by atoms with Crippen molar-refractivity contribution in [1.29, 1.82) is 0 Å². The molecule has 0 aromatic heterocycles. The lowest BCUT2D eigenvalue weighted by Gasteiger charge is -2.24. The Hall–Kier alpha value is -2.00. The molecule has 0 spiro atoms. The second kappa shape index (κ2) is 5.89. The van der Waals surface area contributed by atoms with Gasteiger partial charge in [0.05, 0.1) is 13.2 Å². The fraction of sp³-hybridized carbons (Fsp3) is 0.400. The Balaban J connectivity index is 1.73. The van der Waals surface area contributed by atoms with E-state index in [4.69, 9.17) is 15.2 Å². The quantitative estimate of drug-likeness (QED) is 0.864. The van der Waals surface area contributed by atoms with Crippen LogP contribution in [0.15, 0.2) is 30.3 Å². The summed E-state index contributed by atoms with van der Waals surface area (Å²) >= 11 is 0. The zero-order valence-electron chi connectivity index (χ0n) is 14.4. The van der Waals surface area contributed by atoms with E-state index in [0.717, 1.165) is 34.5 Å². The molecule has 0 bridgehead atoms. The Kier molecular flexibility index (Phi) is 4.07. The van der Waals surface area contributed by atoms with Gasteiger partial charge in [-0.05, 0) is 49.9 Å². The molecule has 2 N–H and O–H groups in total. The molecule has 0 saturated heterocycles. The maximum atomic E-state index is 6.30. The second-order valence-corrected chi connectivity index (χ2v) is 6.80. The maximum absolute atomic E-state index is 6.30. The van der Waals surface area contributed by atoms with Gasteiger partial charge in [0.1, 0.15) is 11.4 Å². The van der Waals surface area contributed by atoms with E-state index >= 15 is 0 Å². The van der Waals surface area contributed by atoms with Crippen LogP contribution in [0.1, 0.15) is 34.7 Å². The van der Waals surface area contributed by atoms with Gasteiger partial charge in [-0.1, -0.05) is 30.3 Å². The van der Waals surface area contributed by atoms with E-state index in [-0.39, 0.29) is 5.60 Å². The van der Waals surface area contributed by atoms with E-state index in [1.807, 2.05) is 18.2 Å². The van der Waals surface area contributed by atoms with Gasteiger partial charge in [0.15, 0.2) is 0 Å². The van der Waals surface area contributed by atoms with Crippen LogP contribution < -0.4 is 10.5 Å². The molecule has 1 aliphatic heterocycles. The van der Waals surface area contributed by atoms with Crippen LogP contribution in [0.4, 0.5) is 5.69 Å². The molecule has 0 saturated carbocycles. The first kappa shape index (κ1) is 15.9. The van der Waals surface area contributed by atoms with Gasteiger partial charge in [0.2, 0.25) is 0 Å². The van der Waals surface area contributed by atoms with E-state index in [1.165, 1.54) is 11.1 Å². The van der Waals surface area contributed by atoms with Crippen LogP contribution in [-0.4, -0.2) is 12.2 Å². The van der Waals surface area contributed by atoms with Gasteiger partial charge < -0.3 is 15.2 Å². The molecule has 0 fully saturated rings. The molecule has 1 unspecified atom stereocenters. The zero-order valence-corrected chi connectivity index (χ0v) is 14.4. The van der Waals surface area contributed by atoms with Gasteiger partial charge in [0.25, 0.3) is 0 Å². The molecule has 3 nitrogen and oxygen atoms in total. The SMILES string of the molecule is Cc1c(C)c2c(c(C)c1N)CC(C)(COCc1ccccc1)O2. The van der Waals surface area contributed by atoms with Gasteiger partial charge in [0, 0.05) is 17.7 Å². The second-order valence-electron chi connectivity index (χ2n) is 6.80. The Bertz CT molecular complexity index is 685. The lowest BCUT2D eigenvalue weighted by atomic mass is 9.92. The molecule has 3 heteroatoms. The minimum atomic E-state index is -0.327. The molecule has 0 amide bonds. The summed E-state index contributed by atoms with van der Waals surface area (Å²) in [4.78, 5) is 0. The first-order chi connectivity index (χ1) is 10.9. The minimum Gasteiger partial charge on any atom is -0.484 e. The number of anilines is 1. The highest BCUT2D eigenvalue weighted by molar-refractivity contribution is 5.66. The fourth-order valence-corrected chi connectivity index (χ4v) is 3.26. The molecule has 3 rings (SSSR count). The molecule has 0 radical (unpaired) electrons. The number of nitrogens with two attached hydrogens (primary N) is 1. The van der Waals surface area contributed by atoms with Crippen LogP contribution in [0.2, 0.25) is 0 Å². The lowest BCUT2D eigenvalue weighted by molar-refractivity contribution is -0.00876. The van der Waals surface area contributed by atoms with Crippen LogP contribution in [0.25, 0.3) is 0 Å². The average molecular weight is 311 g/mol. The summed E-state index contributed by atoms with van der Waals surface area (Å²) in [5.41, 5.74) is 12.6. The predicted octanol–water partition coefficient (Wildman–Crippen LogP) is 4.10. The zero-order chi connectivity index (χ0) is 16.6. The molecular weight excluding hydrogens is 286 g/mol. The van der Waals surface area contributed by atoms with Crippen molar-refractivity contribution in [3.05, 3.63) is 58.1 Å². The van der Waals surface area contributed by atoms with Crippen LogP contribution in [0.5, 0.6) is 5.75 Å². The van der Waals surface area contributed by atoms with Crippen molar-refractivity contribution in [1.82, 2.24) is 0 Å². The molecule has 1 atom stereocenters. The first-order valence-corrected chi connectivity index (χ1v) is 8.10. The number of ether oxygens (including phenoxy) is 2. The summed E-state index contributed by atoms with van der Waals surface area (Å²) in [6.45, 7) is 9.51. The van der Waals surface area contributed by atoms with Gasteiger partial charge in [-0.3, -0.25) is 0 Å². The van der Waals surface area contributed by atoms with Crippen LogP contribution in [-0.2, 0) is 17.8 Å². The van der Waals surface area contributed by atoms with Gasteiger partial charge in [-0.2, -0.15) is 0 Å². The third kappa shape index (κ3) is 2.93. The smallest absolute Gasteiger partial charge is 0.134 e. The van der Waals surface area contributed by atoms with Crippen molar-refractivity contribution in [2.24, 2.45) is 0 Å². The number of fused-ring (bicyclic) bond motifs is 1.